The van der Waals surface area contributed by atoms with Crippen LogP contribution in [0.15, 0.2) is 29.2 Å². The SMILES string of the molecule is CCSc1ccc(-c2nnc(C)nc2NC)cc1. The van der Waals surface area contributed by atoms with E-state index in [1.165, 1.54) is 4.90 Å². The minimum atomic E-state index is 0.668. The third-order valence-corrected chi connectivity index (χ3v) is 3.36. The van der Waals surface area contributed by atoms with Crippen molar-refractivity contribution in [1.29, 1.82) is 0 Å². The Labute approximate surface area is 111 Å². The summed E-state index contributed by atoms with van der Waals surface area (Å²) in [6, 6.07) is 8.31. The molecule has 5 heteroatoms. The fourth-order valence-corrected chi connectivity index (χ4v) is 2.31. The van der Waals surface area contributed by atoms with Gasteiger partial charge in [0.15, 0.2) is 5.82 Å². The summed E-state index contributed by atoms with van der Waals surface area (Å²) in [5.74, 6) is 2.51. The number of thioether (sulfide) groups is 1. The molecule has 2 rings (SSSR count). The van der Waals surface area contributed by atoms with E-state index in [1.807, 2.05) is 25.7 Å². The van der Waals surface area contributed by atoms with E-state index < -0.39 is 0 Å². The average molecular weight is 260 g/mol. The van der Waals surface area contributed by atoms with Gasteiger partial charge in [-0.15, -0.1) is 22.0 Å². The summed E-state index contributed by atoms with van der Waals surface area (Å²) in [6.07, 6.45) is 0. The van der Waals surface area contributed by atoms with E-state index >= 15 is 0 Å². The van der Waals surface area contributed by atoms with Crippen molar-refractivity contribution in [2.75, 3.05) is 18.1 Å². The molecule has 0 bridgehead atoms. The highest BCUT2D eigenvalue weighted by molar-refractivity contribution is 7.99. The monoisotopic (exact) mass is 260 g/mol. The van der Waals surface area contributed by atoms with Gasteiger partial charge in [0.25, 0.3) is 0 Å². The molecule has 0 spiro atoms. The van der Waals surface area contributed by atoms with Gasteiger partial charge >= 0.3 is 0 Å². The number of rotatable bonds is 4. The Balaban J connectivity index is 2.36. The van der Waals surface area contributed by atoms with Crippen LogP contribution in [-0.2, 0) is 0 Å². The maximum Gasteiger partial charge on any atom is 0.156 e. The molecule has 1 aromatic carbocycles. The van der Waals surface area contributed by atoms with E-state index in [1.54, 1.807) is 0 Å². The number of benzene rings is 1. The summed E-state index contributed by atoms with van der Waals surface area (Å²) in [6.45, 7) is 3.98. The van der Waals surface area contributed by atoms with Gasteiger partial charge in [-0.25, -0.2) is 4.98 Å². The van der Waals surface area contributed by atoms with Crippen molar-refractivity contribution in [1.82, 2.24) is 15.2 Å². The highest BCUT2D eigenvalue weighted by atomic mass is 32.2. The Hall–Kier alpha value is -1.62. The molecule has 0 saturated heterocycles. The number of hydrogen-bond acceptors (Lipinski definition) is 5. The molecule has 2 aromatic rings. The molecule has 0 radical (unpaired) electrons. The molecule has 1 N–H and O–H groups in total. The molecule has 0 amide bonds. The smallest absolute Gasteiger partial charge is 0.156 e. The van der Waals surface area contributed by atoms with E-state index in [9.17, 15) is 0 Å². The van der Waals surface area contributed by atoms with Crippen LogP contribution in [0, 0.1) is 6.92 Å². The molecular formula is C13H16N4S. The van der Waals surface area contributed by atoms with Gasteiger partial charge in [-0.3, -0.25) is 0 Å². The van der Waals surface area contributed by atoms with Crippen molar-refractivity contribution in [3.05, 3.63) is 30.1 Å². The Morgan fingerprint density at radius 1 is 1.17 bits per heavy atom. The molecule has 4 nitrogen and oxygen atoms in total. The van der Waals surface area contributed by atoms with Gasteiger partial charge in [0, 0.05) is 17.5 Å². The summed E-state index contributed by atoms with van der Waals surface area (Å²) < 4.78 is 0. The van der Waals surface area contributed by atoms with Gasteiger partial charge in [-0.2, -0.15) is 0 Å². The van der Waals surface area contributed by atoms with Crippen LogP contribution in [0.25, 0.3) is 11.3 Å². The fraction of sp³-hybridized carbons (Fsp3) is 0.308. The predicted octanol–water partition coefficient (Wildman–Crippen LogP) is 3.00. The van der Waals surface area contributed by atoms with Crippen molar-refractivity contribution in [3.63, 3.8) is 0 Å². The maximum absolute atomic E-state index is 4.34. The third kappa shape index (κ3) is 2.79. The number of hydrogen-bond donors (Lipinski definition) is 1. The second-order valence-electron chi connectivity index (χ2n) is 3.76. The molecule has 0 aliphatic carbocycles. The largest absolute Gasteiger partial charge is 0.371 e. The molecule has 1 heterocycles. The molecule has 94 valence electrons. The van der Waals surface area contributed by atoms with E-state index in [2.05, 4.69) is 51.7 Å². The molecule has 0 aliphatic heterocycles. The van der Waals surface area contributed by atoms with Crippen molar-refractivity contribution in [2.24, 2.45) is 0 Å². The average Bonchev–Trinajstić information content (AvgIpc) is 2.40. The van der Waals surface area contributed by atoms with Crippen LogP contribution in [0.4, 0.5) is 5.82 Å². The number of aromatic nitrogens is 3. The number of aryl methyl sites for hydroxylation is 1. The van der Waals surface area contributed by atoms with Crippen molar-refractivity contribution in [2.45, 2.75) is 18.7 Å². The summed E-state index contributed by atoms with van der Waals surface area (Å²) in [5.41, 5.74) is 1.82. The lowest BCUT2D eigenvalue weighted by atomic mass is 10.1. The van der Waals surface area contributed by atoms with Crippen LogP contribution < -0.4 is 5.32 Å². The first-order valence-corrected chi connectivity index (χ1v) is 6.85. The topological polar surface area (TPSA) is 50.7 Å². The molecule has 18 heavy (non-hydrogen) atoms. The Bertz CT molecular complexity index is 525. The predicted molar refractivity (Wildman–Crippen MR) is 75.9 cm³/mol. The number of nitrogens with one attached hydrogen (secondary N) is 1. The first-order chi connectivity index (χ1) is 8.74. The zero-order valence-electron chi connectivity index (χ0n) is 10.8. The van der Waals surface area contributed by atoms with E-state index in [0.717, 1.165) is 22.8 Å². The van der Waals surface area contributed by atoms with Crippen molar-refractivity contribution >= 4 is 17.6 Å². The Morgan fingerprint density at radius 3 is 2.50 bits per heavy atom. The second-order valence-corrected chi connectivity index (χ2v) is 5.10. The second kappa shape index (κ2) is 5.82. The zero-order valence-corrected chi connectivity index (χ0v) is 11.6. The minimum Gasteiger partial charge on any atom is -0.371 e. The van der Waals surface area contributed by atoms with E-state index in [0.29, 0.717) is 5.82 Å². The first kappa shape index (κ1) is 12.8. The summed E-state index contributed by atoms with van der Waals surface area (Å²) in [7, 11) is 1.84. The summed E-state index contributed by atoms with van der Waals surface area (Å²) in [4.78, 5) is 5.60. The van der Waals surface area contributed by atoms with Gasteiger partial charge in [0.1, 0.15) is 11.5 Å². The first-order valence-electron chi connectivity index (χ1n) is 5.87. The molecule has 0 unspecified atom stereocenters. The molecule has 0 aliphatic rings. The van der Waals surface area contributed by atoms with Crippen LogP contribution in [0.1, 0.15) is 12.7 Å². The summed E-state index contributed by atoms with van der Waals surface area (Å²) in [5, 5.41) is 11.3. The molecular weight excluding hydrogens is 244 g/mol. The van der Waals surface area contributed by atoms with E-state index in [4.69, 9.17) is 0 Å². The van der Waals surface area contributed by atoms with Gasteiger partial charge < -0.3 is 5.32 Å². The van der Waals surface area contributed by atoms with Crippen LogP contribution in [-0.4, -0.2) is 28.0 Å². The minimum absolute atomic E-state index is 0.668. The Morgan fingerprint density at radius 2 is 1.89 bits per heavy atom. The molecule has 0 saturated carbocycles. The summed E-state index contributed by atoms with van der Waals surface area (Å²) >= 11 is 1.82. The lowest BCUT2D eigenvalue weighted by Crippen LogP contribution is -2.02. The van der Waals surface area contributed by atoms with Crippen LogP contribution >= 0.6 is 11.8 Å². The molecule has 1 aromatic heterocycles. The van der Waals surface area contributed by atoms with E-state index in [-0.39, 0.29) is 0 Å². The van der Waals surface area contributed by atoms with Gasteiger partial charge in [0.2, 0.25) is 0 Å². The maximum atomic E-state index is 4.34. The van der Waals surface area contributed by atoms with Gasteiger partial charge in [-0.05, 0) is 24.8 Å². The lowest BCUT2D eigenvalue weighted by molar-refractivity contribution is 0.916. The van der Waals surface area contributed by atoms with Crippen molar-refractivity contribution < 1.29 is 0 Å². The van der Waals surface area contributed by atoms with Crippen LogP contribution in [0.3, 0.4) is 0 Å². The molecule has 0 fully saturated rings. The number of anilines is 1. The fourth-order valence-electron chi connectivity index (χ4n) is 1.65. The van der Waals surface area contributed by atoms with Gasteiger partial charge in [0.05, 0.1) is 0 Å². The normalized spacial score (nSPS) is 10.4. The number of nitrogens with zero attached hydrogens (tertiary/aromatic N) is 3. The van der Waals surface area contributed by atoms with Crippen LogP contribution in [0.2, 0.25) is 0 Å². The van der Waals surface area contributed by atoms with Crippen LogP contribution in [0.5, 0.6) is 0 Å². The highest BCUT2D eigenvalue weighted by Gasteiger charge is 2.08. The standard InChI is InChI=1S/C13H16N4S/c1-4-18-11-7-5-10(6-8-11)12-13(14-3)15-9(2)16-17-12/h5-8H,4H2,1-3H3,(H,14,15,16). The third-order valence-electron chi connectivity index (χ3n) is 2.47. The molecule has 0 atom stereocenters. The Kier molecular flexibility index (Phi) is 4.15. The van der Waals surface area contributed by atoms with Crippen molar-refractivity contribution in [3.8, 4) is 11.3 Å². The quantitative estimate of drug-likeness (QED) is 0.856. The van der Waals surface area contributed by atoms with Gasteiger partial charge in [-0.1, -0.05) is 19.1 Å². The lowest BCUT2D eigenvalue weighted by Gasteiger charge is -2.07. The zero-order chi connectivity index (χ0) is 13.0. The highest BCUT2D eigenvalue weighted by Crippen LogP contribution is 2.26.